The summed E-state index contributed by atoms with van der Waals surface area (Å²) in [7, 11) is 5.49. The van der Waals surface area contributed by atoms with Gasteiger partial charge in [-0.3, -0.25) is 4.79 Å². The lowest BCUT2D eigenvalue weighted by Gasteiger charge is -2.56. The Morgan fingerprint density at radius 1 is 1.22 bits per heavy atom. The van der Waals surface area contributed by atoms with E-state index in [2.05, 4.69) is 30.2 Å². The maximum Gasteiger partial charge on any atom is 0.197 e. The monoisotopic (exact) mass is 313 g/mol. The molecule has 122 valence electrons. The molecule has 1 aromatic carbocycles. The number of likely N-dealkylation sites (N-methyl/N-ethyl adjacent to an activating group) is 1. The summed E-state index contributed by atoms with van der Waals surface area (Å²) in [6.07, 6.45) is 4.71. The van der Waals surface area contributed by atoms with Crippen molar-refractivity contribution in [3.63, 3.8) is 0 Å². The predicted octanol–water partition coefficient (Wildman–Crippen LogP) is 2.31. The number of ether oxygens (including phenoxy) is 2. The first-order valence-electron chi connectivity index (χ1n) is 8.27. The fourth-order valence-electron chi connectivity index (χ4n) is 4.88. The van der Waals surface area contributed by atoms with Crippen molar-refractivity contribution in [2.45, 2.75) is 30.7 Å². The molecule has 2 aliphatic carbocycles. The number of nitrogens with zero attached hydrogens (tertiary/aromatic N) is 1. The zero-order valence-electron chi connectivity index (χ0n) is 14.0. The molecule has 0 unspecified atom stereocenters. The van der Waals surface area contributed by atoms with Crippen molar-refractivity contribution >= 4 is 5.78 Å². The predicted molar refractivity (Wildman–Crippen MR) is 87.6 cm³/mol. The van der Waals surface area contributed by atoms with E-state index in [1.165, 1.54) is 11.1 Å². The number of allylic oxidation sites excluding steroid dienone is 2. The molecule has 2 bridgehead atoms. The molecule has 0 spiro atoms. The molecule has 0 amide bonds. The van der Waals surface area contributed by atoms with Crippen LogP contribution in [0.25, 0.3) is 0 Å². The summed E-state index contributed by atoms with van der Waals surface area (Å²) in [5.74, 6) is 1.88. The number of carbonyl (C=O) groups excluding carboxylic acids is 1. The van der Waals surface area contributed by atoms with Crippen LogP contribution in [-0.2, 0) is 21.4 Å². The van der Waals surface area contributed by atoms with Crippen molar-refractivity contribution in [3.05, 3.63) is 41.2 Å². The van der Waals surface area contributed by atoms with Crippen LogP contribution in [0.15, 0.2) is 30.0 Å². The van der Waals surface area contributed by atoms with Crippen LogP contribution >= 0.6 is 0 Å². The Balaban J connectivity index is 1.95. The quantitative estimate of drug-likeness (QED) is 0.840. The molecular formula is C19H23NO3. The molecule has 1 heterocycles. The number of carbonyl (C=O) groups is 1. The van der Waals surface area contributed by atoms with Crippen molar-refractivity contribution in [2.24, 2.45) is 5.92 Å². The van der Waals surface area contributed by atoms with Gasteiger partial charge in [0.25, 0.3) is 0 Å². The van der Waals surface area contributed by atoms with Crippen LogP contribution in [0.2, 0.25) is 0 Å². The summed E-state index contributed by atoms with van der Waals surface area (Å²) in [6, 6.07) is 6.82. The number of piperidine rings is 1. The highest BCUT2D eigenvalue weighted by Gasteiger charge is 2.54. The van der Waals surface area contributed by atoms with Gasteiger partial charge in [-0.15, -0.1) is 0 Å². The number of likely N-dealkylation sites (tertiary alicyclic amines) is 1. The van der Waals surface area contributed by atoms with Gasteiger partial charge in [0.15, 0.2) is 11.5 Å². The number of methoxy groups -OCH3 is 2. The summed E-state index contributed by atoms with van der Waals surface area (Å²) in [5.41, 5.74) is 2.60. The van der Waals surface area contributed by atoms with Gasteiger partial charge >= 0.3 is 0 Å². The fraction of sp³-hybridized carbons (Fsp3) is 0.526. The molecule has 4 heteroatoms. The summed E-state index contributed by atoms with van der Waals surface area (Å²) < 4.78 is 10.9. The highest BCUT2D eigenvalue weighted by molar-refractivity contribution is 5.95. The molecule has 3 atom stereocenters. The van der Waals surface area contributed by atoms with Crippen molar-refractivity contribution in [3.8, 4) is 5.75 Å². The third-order valence-corrected chi connectivity index (χ3v) is 6.11. The van der Waals surface area contributed by atoms with E-state index in [1.807, 2.05) is 6.07 Å². The average Bonchev–Trinajstić information content (AvgIpc) is 2.57. The second-order valence-electron chi connectivity index (χ2n) is 7.01. The van der Waals surface area contributed by atoms with Crippen LogP contribution in [0.1, 0.15) is 24.0 Å². The number of Topliss-reactive ketones (excluding diaryl/α,β-unsaturated/α-hetero) is 1. The van der Waals surface area contributed by atoms with Gasteiger partial charge in [0.2, 0.25) is 0 Å². The van der Waals surface area contributed by atoms with Gasteiger partial charge in [0.1, 0.15) is 5.75 Å². The van der Waals surface area contributed by atoms with Crippen molar-refractivity contribution in [2.75, 3.05) is 27.8 Å². The van der Waals surface area contributed by atoms with E-state index in [4.69, 9.17) is 9.47 Å². The summed E-state index contributed by atoms with van der Waals surface area (Å²) in [5, 5.41) is 0. The summed E-state index contributed by atoms with van der Waals surface area (Å²) in [4.78, 5) is 14.8. The molecule has 1 saturated heterocycles. The largest absolute Gasteiger partial charge is 0.497 e. The summed E-state index contributed by atoms with van der Waals surface area (Å²) in [6.45, 7) is 1.04. The Kier molecular flexibility index (Phi) is 3.27. The van der Waals surface area contributed by atoms with Gasteiger partial charge in [-0.25, -0.2) is 0 Å². The first-order valence-corrected chi connectivity index (χ1v) is 8.27. The lowest BCUT2D eigenvalue weighted by Crippen LogP contribution is -2.60. The molecule has 4 rings (SSSR count). The zero-order valence-corrected chi connectivity index (χ0v) is 14.0. The Morgan fingerprint density at radius 3 is 2.78 bits per heavy atom. The molecule has 0 N–H and O–H groups in total. The van der Waals surface area contributed by atoms with Gasteiger partial charge in [0.05, 0.1) is 14.2 Å². The first-order chi connectivity index (χ1) is 11.1. The number of benzene rings is 1. The first kappa shape index (κ1) is 14.8. The fourth-order valence-corrected chi connectivity index (χ4v) is 4.88. The second kappa shape index (κ2) is 5.10. The number of ketones is 1. The molecular weight excluding hydrogens is 290 g/mol. The molecule has 1 fully saturated rings. The second-order valence-corrected chi connectivity index (χ2v) is 7.01. The van der Waals surface area contributed by atoms with Gasteiger partial charge in [-0.05, 0) is 61.7 Å². The minimum absolute atomic E-state index is 0.0987. The SMILES string of the molecule is COC1=C[C@@]23CCN(C)[C@@H](Cc4ccc(OC)cc42)[C@@H]3CC1=O. The lowest BCUT2D eigenvalue weighted by molar-refractivity contribution is -0.122. The number of fused-ring (bicyclic) bond motifs is 1. The highest BCUT2D eigenvalue weighted by atomic mass is 16.5. The molecule has 0 radical (unpaired) electrons. The van der Waals surface area contributed by atoms with Crippen LogP contribution in [0.5, 0.6) is 5.75 Å². The van der Waals surface area contributed by atoms with E-state index in [-0.39, 0.29) is 11.2 Å². The minimum atomic E-state index is -0.0987. The molecule has 4 nitrogen and oxygen atoms in total. The Labute approximate surface area is 137 Å². The van der Waals surface area contributed by atoms with E-state index in [0.717, 1.165) is 25.1 Å². The maximum absolute atomic E-state index is 12.4. The zero-order chi connectivity index (χ0) is 16.2. The van der Waals surface area contributed by atoms with Crippen molar-refractivity contribution < 1.29 is 14.3 Å². The van der Waals surface area contributed by atoms with Crippen molar-refractivity contribution in [1.82, 2.24) is 4.90 Å². The Bertz CT molecular complexity index is 696. The summed E-state index contributed by atoms with van der Waals surface area (Å²) >= 11 is 0. The molecule has 0 saturated carbocycles. The normalized spacial score (nSPS) is 32.7. The minimum Gasteiger partial charge on any atom is -0.497 e. The standard InChI is InChI=1S/C19H23NO3/c1-20-7-6-19-11-18(23-3)17(21)10-15(19)16(20)8-12-4-5-13(22-2)9-14(12)19/h4-5,9,11,15-16H,6-8,10H2,1-3H3/t15-,16-,19-/m0/s1. The molecule has 0 aromatic heterocycles. The number of hydrogen-bond donors (Lipinski definition) is 0. The lowest BCUT2D eigenvalue weighted by atomic mass is 9.54. The molecule has 3 aliphatic rings. The maximum atomic E-state index is 12.4. The Morgan fingerprint density at radius 2 is 2.04 bits per heavy atom. The van der Waals surface area contributed by atoms with Crippen LogP contribution in [0, 0.1) is 5.92 Å². The third kappa shape index (κ3) is 1.97. The topological polar surface area (TPSA) is 38.8 Å². The van der Waals surface area contributed by atoms with Gasteiger partial charge in [0, 0.05) is 17.9 Å². The van der Waals surface area contributed by atoms with Gasteiger partial charge in [-0.1, -0.05) is 6.07 Å². The van der Waals surface area contributed by atoms with Crippen molar-refractivity contribution in [1.29, 1.82) is 0 Å². The van der Waals surface area contributed by atoms with E-state index < -0.39 is 0 Å². The number of hydrogen-bond acceptors (Lipinski definition) is 4. The third-order valence-electron chi connectivity index (χ3n) is 6.11. The van der Waals surface area contributed by atoms with Crippen LogP contribution in [0.3, 0.4) is 0 Å². The van der Waals surface area contributed by atoms with Gasteiger partial charge in [-0.2, -0.15) is 0 Å². The molecule has 1 aliphatic heterocycles. The van der Waals surface area contributed by atoms with E-state index in [9.17, 15) is 4.79 Å². The molecule has 1 aromatic rings. The Hall–Kier alpha value is -1.81. The van der Waals surface area contributed by atoms with Crippen LogP contribution < -0.4 is 4.74 Å². The average molecular weight is 313 g/mol. The van der Waals surface area contributed by atoms with Crippen LogP contribution in [0.4, 0.5) is 0 Å². The molecule has 23 heavy (non-hydrogen) atoms. The smallest absolute Gasteiger partial charge is 0.197 e. The van der Waals surface area contributed by atoms with E-state index in [0.29, 0.717) is 24.1 Å². The van der Waals surface area contributed by atoms with Crippen LogP contribution in [-0.4, -0.2) is 44.5 Å². The number of rotatable bonds is 2. The van der Waals surface area contributed by atoms with E-state index in [1.54, 1.807) is 14.2 Å². The van der Waals surface area contributed by atoms with E-state index >= 15 is 0 Å². The highest BCUT2D eigenvalue weighted by Crippen LogP contribution is 2.54. The van der Waals surface area contributed by atoms with Gasteiger partial charge < -0.3 is 14.4 Å².